The molecule has 1 aliphatic heterocycles. The summed E-state index contributed by atoms with van der Waals surface area (Å²) in [6, 6.07) is 9.92. The van der Waals surface area contributed by atoms with Gasteiger partial charge in [0.05, 0.1) is 0 Å². The van der Waals surface area contributed by atoms with Gasteiger partial charge in [0.25, 0.3) is 0 Å². The molecule has 110 valence electrons. The van der Waals surface area contributed by atoms with Gasteiger partial charge >= 0.3 is 0 Å². The zero-order valence-corrected chi connectivity index (χ0v) is 12.6. The SMILES string of the molecule is CNCc1ccnc(Oc2cccc3c2OC(C)(C)C3)c1. The fraction of sp³-hybridized carbons (Fsp3) is 0.353. The molecule has 0 spiro atoms. The molecule has 4 nitrogen and oxygen atoms in total. The van der Waals surface area contributed by atoms with Crippen molar-refractivity contribution >= 4 is 0 Å². The van der Waals surface area contributed by atoms with E-state index in [1.807, 2.05) is 31.3 Å². The lowest BCUT2D eigenvalue weighted by Crippen LogP contribution is -2.24. The van der Waals surface area contributed by atoms with Crippen LogP contribution in [-0.4, -0.2) is 17.6 Å². The number of hydrogen-bond acceptors (Lipinski definition) is 4. The molecule has 4 heteroatoms. The lowest BCUT2D eigenvalue weighted by atomic mass is 10.0. The highest BCUT2D eigenvalue weighted by Crippen LogP contribution is 2.43. The molecule has 3 rings (SSSR count). The van der Waals surface area contributed by atoms with Crippen molar-refractivity contribution in [2.45, 2.75) is 32.4 Å². The number of ether oxygens (including phenoxy) is 2. The van der Waals surface area contributed by atoms with Crippen molar-refractivity contribution in [3.63, 3.8) is 0 Å². The third-order valence-corrected chi connectivity index (χ3v) is 3.45. The highest BCUT2D eigenvalue weighted by atomic mass is 16.5. The molecule has 0 fully saturated rings. The van der Waals surface area contributed by atoms with Crippen LogP contribution >= 0.6 is 0 Å². The molecule has 1 aromatic heterocycles. The van der Waals surface area contributed by atoms with Crippen LogP contribution in [0.3, 0.4) is 0 Å². The van der Waals surface area contributed by atoms with Crippen LogP contribution in [0.25, 0.3) is 0 Å². The van der Waals surface area contributed by atoms with Crippen molar-refractivity contribution < 1.29 is 9.47 Å². The van der Waals surface area contributed by atoms with E-state index in [1.54, 1.807) is 6.20 Å². The van der Waals surface area contributed by atoms with Gasteiger partial charge in [-0.1, -0.05) is 12.1 Å². The molecule has 0 aliphatic carbocycles. The molecule has 0 atom stereocenters. The first kappa shape index (κ1) is 13.9. The first-order valence-corrected chi connectivity index (χ1v) is 7.16. The molecule has 0 saturated heterocycles. The van der Waals surface area contributed by atoms with Crippen molar-refractivity contribution in [2.75, 3.05) is 7.05 Å². The summed E-state index contributed by atoms with van der Waals surface area (Å²) in [5.74, 6) is 2.15. The second-order valence-corrected chi connectivity index (χ2v) is 5.92. The lowest BCUT2D eigenvalue weighted by molar-refractivity contribution is 0.135. The Bertz CT molecular complexity index is 653. The number of aromatic nitrogens is 1. The van der Waals surface area contributed by atoms with Crippen LogP contribution in [0, 0.1) is 0 Å². The maximum Gasteiger partial charge on any atom is 0.219 e. The largest absolute Gasteiger partial charge is 0.483 e. The minimum atomic E-state index is -0.177. The van der Waals surface area contributed by atoms with Crippen LogP contribution < -0.4 is 14.8 Å². The number of pyridine rings is 1. The third-order valence-electron chi connectivity index (χ3n) is 3.45. The van der Waals surface area contributed by atoms with Gasteiger partial charge in [0.15, 0.2) is 11.5 Å². The maximum atomic E-state index is 6.01. The molecule has 0 saturated carbocycles. The number of fused-ring (bicyclic) bond motifs is 1. The molecular weight excluding hydrogens is 264 g/mol. The van der Waals surface area contributed by atoms with Gasteiger partial charge in [0, 0.05) is 30.8 Å². The summed E-state index contributed by atoms with van der Waals surface area (Å²) >= 11 is 0. The monoisotopic (exact) mass is 284 g/mol. The van der Waals surface area contributed by atoms with Crippen LogP contribution in [0.5, 0.6) is 17.4 Å². The highest BCUT2D eigenvalue weighted by molar-refractivity contribution is 5.51. The zero-order chi connectivity index (χ0) is 14.9. The molecule has 0 amide bonds. The molecular formula is C17H20N2O2. The molecule has 0 radical (unpaired) electrons. The summed E-state index contributed by atoms with van der Waals surface area (Å²) < 4.78 is 11.9. The Hall–Kier alpha value is -2.07. The summed E-state index contributed by atoms with van der Waals surface area (Å²) in [4.78, 5) is 4.27. The Labute approximate surface area is 125 Å². The first-order chi connectivity index (χ1) is 10.1. The maximum absolute atomic E-state index is 6.01. The Balaban J connectivity index is 1.87. The molecule has 0 bridgehead atoms. The van der Waals surface area contributed by atoms with Crippen LogP contribution in [0.1, 0.15) is 25.0 Å². The van der Waals surface area contributed by atoms with Crippen LogP contribution in [0.15, 0.2) is 36.5 Å². The van der Waals surface area contributed by atoms with Crippen molar-refractivity contribution in [2.24, 2.45) is 0 Å². The Morgan fingerprint density at radius 2 is 2.19 bits per heavy atom. The highest BCUT2D eigenvalue weighted by Gasteiger charge is 2.32. The first-order valence-electron chi connectivity index (χ1n) is 7.16. The van der Waals surface area contributed by atoms with Crippen molar-refractivity contribution in [1.29, 1.82) is 0 Å². The van der Waals surface area contributed by atoms with E-state index in [2.05, 4.69) is 30.2 Å². The molecule has 1 N–H and O–H groups in total. The number of hydrogen-bond donors (Lipinski definition) is 1. The summed E-state index contributed by atoms with van der Waals surface area (Å²) in [5.41, 5.74) is 2.14. The van der Waals surface area contributed by atoms with Gasteiger partial charge in [0.1, 0.15) is 5.60 Å². The molecule has 2 heterocycles. The Kier molecular flexibility index (Phi) is 3.55. The van der Waals surface area contributed by atoms with Crippen molar-refractivity contribution in [3.05, 3.63) is 47.7 Å². The van der Waals surface area contributed by atoms with Gasteiger partial charge in [-0.2, -0.15) is 0 Å². The van der Waals surface area contributed by atoms with Crippen LogP contribution in [-0.2, 0) is 13.0 Å². The quantitative estimate of drug-likeness (QED) is 0.935. The van der Waals surface area contributed by atoms with Crippen LogP contribution in [0.4, 0.5) is 0 Å². The topological polar surface area (TPSA) is 43.4 Å². The minimum Gasteiger partial charge on any atom is -0.483 e. The van der Waals surface area contributed by atoms with E-state index in [-0.39, 0.29) is 5.60 Å². The average molecular weight is 284 g/mol. The Morgan fingerprint density at radius 1 is 1.33 bits per heavy atom. The second kappa shape index (κ2) is 5.37. The number of nitrogens with zero attached hydrogens (tertiary/aromatic N) is 1. The molecule has 1 aliphatic rings. The number of nitrogens with one attached hydrogen (secondary N) is 1. The van der Waals surface area contributed by atoms with Gasteiger partial charge in [-0.3, -0.25) is 0 Å². The average Bonchev–Trinajstić information content (AvgIpc) is 2.75. The molecule has 21 heavy (non-hydrogen) atoms. The molecule has 2 aromatic rings. The number of para-hydroxylation sites is 1. The zero-order valence-electron chi connectivity index (χ0n) is 12.6. The summed E-state index contributed by atoms with van der Waals surface area (Å²) in [5, 5.41) is 3.12. The van der Waals surface area contributed by atoms with E-state index in [1.165, 1.54) is 5.56 Å². The second-order valence-electron chi connectivity index (χ2n) is 5.92. The van der Waals surface area contributed by atoms with E-state index in [4.69, 9.17) is 9.47 Å². The van der Waals surface area contributed by atoms with E-state index < -0.39 is 0 Å². The van der Waals surface area contributed by atoms with Gasteiger partial charge in [-0.25, -0.2) is 4.98 Å². The Morgan fingerprint density at radius 3 is 3.00 bits per heavy atom. The standard InChI is InChI=1S/C17H20N2O2/c1-17(2)10-13-5-4-6-14(16(13)21-17)20-15-9-12(11-18-3)7-8-19-15/h4-9,18H,10-11H2,1-3H3. The predicted octanol–water partition coefficient (Wildman–Crippen LogP) is 3.31. The van der Waals surface area contributed by atoms with Crippen LogP contribution in [0.2, 0.25) is 0 Å². The van der Waals surface area contributed by atoms with E-state index in [0.717, 1.165) is 30.0 Å². The van der Waals surface area contributed by atoms with Gasteiger partial charge in [-0.05, 0) is 38.6 Å². The summed E-state index contributed by atoms with van der Waals surface area (Å²) in [6.45, 7) is 4.96. The van der Waals surface area contributed by atoms with E-state index in [9.17, 15) is 0 Å². The fourth-order valence-electron chi connectivity index (χ4n) is 2.60. The summed E-state index contributed by atoms with van der Waals surface area (Å²) in [6.07, 6.45) is 2.66. The van der Waals surface area contributed by atoms with Gasteiger partial charge in [0.2, 0.25) is 5.88 Å². The smallest absolute Gasteiger partial charge is 0.219 e. The third kappa shape index (κ3) is 3.00. The van der Waals surface area contributed by atoms with E-state index >= 15 is 0 Å². The van der Waals surface area contributed by atoms with Crippen molar-refractivity contribution in [1.82, 2.24) is 10.3 Å². The van der Waals surface area contributed by atoms with E-state index in [0.29, 0.717) is 5.88 Å². The van der Waals surface area contributed by atoms with Crippen molar-refractivity contribution in [3.8, 4) is 17.4 Å². The normalized spacial score (nSPS) is 15.4. The molecule has 0 unspecified atom stereocenters. The van der Waals surface area contributed by atoms with Gasteiger partial charge < -0.3 is 14.8 Å². The number of benzene rings is 1. The summed E-state index contributed by atoms with van der Waals surface area (Å²) in [7, 11) is 1.92. The fourth-order valence-corrected chi connectivity index (χ4v) is 2.60. The number of rotatable bonds is 4. The minimum absolute atomic E-state index is 0.177. The predicted molar refractivity (Wildman–Crippen MR) is 81.9 cm³/mol. The van der Waals surface area contributed by atoms with Gasteiger partial charge in [-0.15, -0.1) is 0 Å². The lowest BCUT2D eigenvalue weighted by Gasteiger charge is -2.18. The molecule has 1 aromatic carbocycles.